The SMILES string of the molecule is OCCCC#Cc1ccc(F)c(F)c1F. The number of hydrogen-bond donors (Lipinski definition) is 1. The van der Waals surface area contributed by atoms with Gasteiger partial charge in [-0.15, -0.1) is 0 Å². The third-order valence-electron chi connectivity index (χ3n) is 1.72. The van der Waals surface area contributed by atoms with Crippen LogP contribution in [0, 0.1) is 29.3 Å². The van der Waals surface area contributed by atoms with Gasteiger partial charge in [0.25, 0.3) is 0 Å². The van der Waals surface area contributed by atoms with Crippen LogP contribution in [-0.4, -0.2) is 11.7 Å². The van der Waals surface area contributed by atoms with Crippen LogP contribution in [0.1, 0.15) is 18.4 Å². The summed E-state index contributed by atoms with van der Waals surface area (Å²) in [6.45, 7) is -0.00502. The van der Waals surface area contributed by atoms with E-state index in [0.29, 0.717) is 12.8 Å². The van der Waals surface area contributed by atoms with Crippen LogP contribution in [-0.2, 0) is 0 Å². The normalized spacial score (nSPS) is 9.60. The Balaban J connectivity index is 2.85. The summed E-state index contributed by atoms with van der Waals surface area (Å²) in [7, 11) is 0. The van der Waals surface area contributed by atoms with Crippen molar-refractivity contribution in [2.24, 2.45) is 0 Å². The first kappa shape index (κ1) is 11.6. The smallest absolute Gasteiger partial charge is 0.195 e. The van der Waals surface area contributed by atoms with Crippen LogP contribution < -0.4 is 0 Å². The molecular weight excluding hydrogens is 205 g/mol. The first-order chi connectivity index (χ1) is 7.16. The first-order valence-electron chi connectivity index (χ1n) is 4.40. The highest BCUT2D eigenvalue weighted by Crippen LogP contribution is 2.13. The van der Waals surface area contributed by atoms with Gasteiger partial charge in [0.1, 0.15) is 0 Å². The summed E-state index contributed by atoms with van der Waals surface area (Å²) < 4.78 is 38.2. The molecule has 0 aliphatic carbocycles. The summed E-state index contributed by atoms with van der Waals surface area (Å²) >= 11 is 0. The second kappa shape index (κ2) is 5.42. The van der Waals surface area contributed by atoms with E-state index in [2.05, 4.69) is 11.8 Å². The Morgan fingerprint density at radius 3 is 2.53 bits per heavy atom. The molecule has 80 valence electrons. The lowest BCUT2D eigenvalue weighted by Gasteiger charge is -1.96. The molecule has 1 aromatic carbocycles. The lowest BCUT2D eigenvalue weighted by molar-refractivity contribution is 0.290. The van der Waals surface area contributed by atoms with Crippen molar-refractivity contribution in [1.29, 1.82) is 0 Å². The number of benzene rings is 1. The van der Waals surface area contributed by atoms with Gasteiger partial charge in [0.2, 0.25) is 0 Å². The van der Waals surface area contributed by atoms with Crippen molar-refractivity contribution >= 4 is 0 Å². The Bertz CT molecular complexity index is 404. The Kier molecular flexibility index (Phi) is 4.19. The number of aliphatic hydroxyl groups is 1. The van der Waals surface area contributed by atoms with Crippen molar-refractivity contribution in [2.45, 2.75) is 12.8 Å². The first-order valence-corrected chi connectivity index (χ1v) is 4.40. The third-order valence-corrected chi connectivity index (χ3v) is 1.72. The number of rotatable bonds is 2. The number of unbranched alkanes of at least 4 members (excludes halogenated alkanes) is 1. The summed E-state index contributed by atoms with van der Waals surface area (Å²) in [6, 6.07) is 1.91. The van der Waals surface area contributed by atoms with E-state index in [9.17, 15) is 13.2 Å². The Hall–Kier alpha value is -1.47. The van der Waals surface area contributed by atoms with Crippen LogP contribution in [0.2, 0.25) is 0 Å². The fraction of sp³-hybridized carbons (Fsp3) is 0.273. The van der Waals surface area contributed by atoms with Crippen molar-refractivity contribution in [2.75, 3.05) is 6.61 Å². The van der Waals surface area contributed by atoms with E-state index >= 15 is 0 Å². The fourth-order valence-corrected chi connectivity index (χ4v) is 0.948. The van der Waals surface area contributed by atoms with Crippen molar-refractivity contribution < 1.29 is 18.3 Å². The summed E-state index contributed by atoms with van der Waals surface area (Å²) in [4.78, 5) is 0. The Morgan fingerprint density at radius 1 is 1.13 bits per heavy atom. The lowest BCUT2D eigenvalue weighted by atomic mass is 10.2. The molecular formula is C11H9F3O. The largest absolute Gasteiger partial charge is 0.396 e. The maximum absolute atomic E-state index is 13.0. The molecule has 0 saturated carbocycles. The van der Waals surface area contributed by atoms with E-state index in [1.165, 1.54) is 0 Å². The second-order valence-electron chi connectivity index (χ2n) is 2.85. The van der Waals surface area contributed by atoms with Gasteiger partial charge < -0.3 is 5.11 Å². The third kappa shape index (κ3) is 3.00. The van der Waals surface area contributed by atoms with Crippen molar-refractivity contribution in [3.63, 3.8) is 0 Å². The average Bonchev–Trinajstić information content (AvgIpc) is 2.24. The molecule has 4 heteroatoms. The molecule has 0 unspecified atom stereocenters. The molecule has 15 heavy (non-hydrogen) atoms. The molecule has 0 fully saturated rings. The maximum Gasteiger partial charge on any atom is 0.195 e. The minimum absolute atomic E-state index is 0.00502. The summed E-state index contributed by atoms with van der Waals surface area (Å²) in [5, 5.41) is 8.45. The molecule has 0 atom stereocenters. The Labute approximate surface area is 85.5 Å². The number of aliphatic hydroxyl groups excluding tert-OH is 1. The van der Waals surface area contributed by atoms with Gasteiger partial charge in [-0.1, -0.05) is 11.8 Å². The van der Waals surface area contributed by atoms with Gasteiger partial charge in [-0.25, -0.2) is 13.2 Å². The van der Waals surface area contributed by atoms with Crippen LogP contribution in [0.15, 0.2) is 12.1 Å². The van der Waals surface area contributed by atoms with Crippen LogP contribution in [0.3, 0.4) is 0 Å². The van der Waals surface area contributed by atoms with E-state index in [0.717, 1.165) is 12.1 Å². The molecule has 1 rings (SSSR count). The van der Waals surface area contributed by atoms with Gasteiger partial charge in [0.05, 0.1) is 5.56 Å². The highest BCUT2D eigenvalue weighted by Gasteiger charge is 2.11. The number of halogens is 3. The summed E-state index contributed by atoms with van der Waals surface area (Å²) in [6.07, 6.45) is 0.854. The average molecular weight is 214 g/mol. The minimum Gasteiger partial charge on any atom is -0.396 e. The molecule has 0 aromatic heterocycles. The minimum atomic E-state index is -1.51. The molecule has 0 radical (unpaired) electrons. The predicted molar refractivity (Wildman–Crippen MR) is 49.5 cm³/mol. The van der Waals surface area contributed by atoms with E-state index in [4.69, 9.17) is 5.11 Å². The number of hydrogen-bond acceptors (Lipinski definition) is 1. The van der Waals surface area contributed by atoms with Crippen molar-refractivity contribution in [3.8, 4) is 11.8 Å². The highest BCUT2D eigenvalue weighted by atomic mass is 19.2. The Morgan fingerprint density at radius 2 is 1.87 bits per heavy atom. The van der Waals surface area contributed by atoms with Gasteiger partial charge >= 0.3 is 0 Å². The monoisotopic (exact) mass is 214 g/mol. The molecule has 1 nitrogen and oxygen atoms in total. The van der Waals surface area contributed by atoms with Gasteiger partial charge in [-0.3, -0.25) is 0 Å². The molecule has 0 saturated heterocycles. The quantitative estimate of drug-likeness (QED) is 0.454. The molecule has 1 aromatic rings. The molecule has 0 aliphatic rings. The van der Waals surface area contributed by atoms with E-state index in [1.54, 1.807) is 0 Å². The summed E-state index contributed by atoms with van der Waals surface area (Å²) in [5.74, 6) is 0.914. The van der Waals surface area contributed by atoms with Crippen molar-refractivity contribution in [3.05, 3.63) is 35.1 Å². The zero-order chi connectivity index (χ0) is 11.3. The molecule has 0 aliphatic heterocycles. The van der Waals surface area contributed by atoms with Gasteiger partial charge in [-0.05, 0) is 18.6 Å². The van der Waals surface area contributed by atoms with Crippen LogP contribution in [0.25, 0.3) is 0 Å². The zero-order valence-corrected chi connectivity index (χ0v) is 7.86. The summed E-state index contributed by atoms with van der Waals surface area (Å²) in [5.41, 5.74) is -0.174. The predicted octanol–water partition coefficient (Wildman–Crippen LogP) is 2.23. The molecule has 1 N–H and O–H groups in total. The standard InChI is InChI=1S/C11H9F3O/c12-9-6-5-8(10(13)11(9)14)4-2-1-3-7-15/h5-6,15H,1,3,7H2. The molecule has 0 bridgehead atoms. The van der Waals surface area contributed by atoms with Gasteiger partial charge in [0, 0.05) is 13.0 Å². The highest BCUT2D eigenvalue weighted by molar-refractivity contribution is 5.36. The zero-order valence-electron chi connectivity index (χ0n) is 7.86. The van der Waals surface area contributed by atoms with Gasteiger partial charge in [0.15, 0.2) is 17.5 Å². The van der Waals surface area contributed by atoms with Crippen LogP contribution in [0.4, 0.5) is 13.2 Å². The maximum atomic E-state index is 13.0. The van der Waals surface area contributed by atoms with E-state index in [1.807, 2.05) is 0 Å². The lowest BCUT2D eigenvalue weighted by Crippen LogP contribution is -1.93. The van der Waals surface area contributed by atoms with Crippen LogP contribution in [0.5, 0.6) is 0 Å². The van der Waals surface area contributed by atoms with E-state index < -0.39 is 17.5 Å². The van der Waals surface area contributed by atoms with E-state index in [-0.39, 0.29) is 12.2 Å². The van der Waals surface area contributed by atoms with Crippen molar-refractivity contribution in [1.82, 2.24) is 0 Å². The second-order valence-corrected chi connectivity index (χ2v) is 2.85. The fourth-order valence-electron chi connectivity index (χ4n) is 0.948. The molecule has 0 amide bonds. The molecule has 0 spiro atoms. The molecule has 0 heterocycles. The van der Waals surface area contributed by atoms with Gasteiger partial charge in [-0.2, -0.15) is 0 Å². The van der Waals surface area contributed by atoms with Crippen LogP contribution >= 0.6 is 0 Å². The topological polar surface area (TPSA) is 20.2 Å².